The van der Waals surface area contributed by atoms with Crippen LogP contribution in [0.15, 0.2) is 79.4 Å². The normalized spacial score (nSPS) is 11.6. The molecule has 2 aromatic carbocycles. The molecule has 0 saturated heterocycles. The molecule has 104 valence electrons. The maximum Gasteiger partial charge on any atom is 0.144 e. The van der Waals surface area contributed by atoms with Crippen molar-refractivity contribution in [1.29, 1.82) is 0 Å². The second-order valence-corrected chi connectivity index (χ2v) is 5.46. The predicted molar refractivity (Wildman–Crippen MR) is 89.5 cm³/mol. The summed E-state index contributed by atoms with van der Waals surface area (Å²) >= 11 is 0. The van der Waals surface area contributed by atoms with Gasteiger partial charge in [-0.15, -0.1) is 0 Å². The molecule has 0 saturated carbocycles. The summed E-state index contributed by atoms with van der Waals surface area (Å²) in [4.78, 5) is 4.49. The first-order valence-electron chi connectivity index (χ1n) is 7.33. The summed E-state index contributed by atoms with van der Waals surface area (Å²) in [6.07, 6.45) is 8.02. The maximum absolute atomic E-state index is 4.49. The van der Waals surface area contributed by atoms with Gasteiger partial charge in [-0.05, 0) is 29.7 Å². The zero-order valence-corrected chi connectivity index (χ0v) is 11.8. The largest absolute Gasteiger partial charge is 0.316 e. The van der Waals surface area contributed by atoms with E-state index in [1.165, 1.54) is 27.4 Å². The van der Waals surface area contributed by atoms with Crippen LogP contribution in [0.1, 0.15) is 0 Å². The minimum atomic E-state index is 0.996. The van der Waals surface area contributed by atoms with E-state index in [1.807, 2.05) is 12.4 Å². The Hall–Kier alpha value is -3.07. The minimum absolute atomic E-state index is 0.996. The Bertz CT molecular complexity index is 1130. The van der Waals surface area contributed by atoms with E-state index in [4.69, 9.17) is 0 Å². The van der Waals surface area contributed by atoms with Crippen LogP contribution in [0.25, 0.3) is 33.0 Å². The maximum atomic E-state index is 4.49. The highest BCUT2D eigenvalue weighted by molar-refractivity contribution is 6.00. The van der Waals surface area contributed by atoms with Crippen molar-refractivity contribution < 1.29 is 0 Å². The van der Waals surface area contributed by atoms with E-state index in [1.54, 1.807) is 0 Å². The number of pyridine rings is 1. The molecule has 0 aliphatic rings. The van der Waals surface area contributed by atoms with Crippen molar-refractivity contribution in [2.45, 2.75) is 0 Å². The third-order valence-electron chi connectivity index (χ3n) is 4.25. The summed E-state index contributed by atoms with van der Waals surface area (Å²) in [5, 5.41) is 3.63. The van der Waals surface area contributed by atoms with Crippen LogP contribution in [-0.2, 0) is 0 Å². The second-order valence-electron chi connectivity index (χ2n) is 5.46. The summed E-state index contributed by atoms with van der Waals surface area (Å²) in [5.74, 6) is 0. The zero-order valence-electron chi connectivity index (χ0n) is 11.8. The van der Waals surface area contributed by atoms with Gasteiger partial charge in [-0.2, -0.15) is 0 Å². The summed E-state index contributed by atoms with van der Waals surface area (Å²) < 4.78 is 4.30. The highest BCUT2D eigenvalue weighted by Gasteiger charge is 2.09. The molecule has 0 amide bonds. The molecule has 3 aromatic heterocycles. The van der Waals surface area contributed by atoms with Gasteiger partial charge in [-0.25, -0.2) is 4.98 Å². The first-order chi connectivity index (χ1) is 10.9. The summed E-state index contributed by atoms with van der Waals surface area (Å²) in [5.41, 5.74) is 3.40. The Morgan fingerprint density at radius 3 is 2.68 bits per heavy atom. The number of para-hydroxylation sites is 1. The number of benzene rings is 2. The molecule has 0 bridgehead atoms. The number of nitrogens with zero attached hydrogens (tertiary/aromatic N) is 3. The molecule has 0 aliphatic carbocycles. The number of hydrogen-bond donors (Lipinski definition) is 0. The minimum Gasteiger partial charge on any atom is -0.316 e. The highest BCUT2D eigenvalue weighted by atomic mass is 15.0. The number of hydrogen-bond acceptors (Lipinski definition) is 1. The van der Waals surface area contributed by atoms with Crippen LogP contribution in [0.4, 0.5) is 0 Å². The van der Waals surface area contributed by atoms with Gasteiger partial charge in [0.1, 0.15) is 5.65 Å². The highest BCUT2D eigenvalue weighted by Crippen LogP contribution is 2.28. The lowest BCUT2D eigenvalue weighted by molar-refractivity contribution is 1.14. The van der Waals surface area contributed by atoms with E-state index in [9.17, 15) is 0 Å². The van der Waals surface area contributed by atoms with Gasteiger partial charge in [0.05, 0.1) is 11.2 Å². The number of aromatic nitrogens is 3. The zero-order chi connectivity index (χ0) is 14.5. The number of fused-ring (bicyclic) bond motifs is 4. The fraction of sp³-hybridized carbons (Fsp3) is 0. The first-order valence-corrected chi connectivity index (χ1v) is 7.33. The lowest BCUT2D eigenvalue weighted by Crippen LogP contribution is -1.94. The number of imidazole rings is 1. The van der Waals surface area contributed by atoms with E-state index in [2.05, 4.69) is 80.9 Å². The standard InChI is InChI=1S/C19H13N3/c1-2-6-17-14(4-1)8-12-22(17)18-7-3-5-16-15(18)9-11-21-13-10-20-19(16)21/h1-13H. The molecular formula is C19H13N3. The van der Waals surface area contributed by atoms with E-state index < -0.39 is 0 Å². The molecule has 3 nitrogen and oxygen atoms in total. The first kappa shape index (κ1) is 11.6. The predicted octanol–water partition coefficient (Wildman–Crippen LogP) is 4.43. The summed E-state index contributed by atoms with van der Waals surface area (Å²) in [7, 11) is 0. The molecule has 0 radical (unpaired) electrons. The fourth-order valence-electron chi connectivity index (χ4n) is 3.22. The fourth-order valence-corrected chi connectivity index (χ4v) is 3.22. The average Bonchev–Trinajstić information content (AvgIpc) is 3.21. The van der Waals surface area contributed by atoms with Gasteiger partial charge in [-0.3, -0.25) is 0 Å². The van der Waals surface area contributed by atoms with Gasteiger partial charge in [0.2, 0.25) is 0 Å². The summed E-state index contributed by atoms with van der Waals surface area (Å²) in [6, 6.07) is 19.2. The van der Waals surface area contributed by atoms with Crippen molar-refractivity contribution >= 4 is 27.3 Å². The number of rotatable bonds is 1. The van der Waals surface area contributed by atoms with Gasteiger partial charge in [0.15, 0.2) is 0 Å². The van der Waals surface area contributed by atoms with Gasteiger partial charge in [-0.1, -0.05) is 30.3 Å². The molecule has 0 atom stereocenters. The van der Waals surface area contributed by atoms with Crippen molar-refractivity contribution in [2.75, 3.05) is 0 Å². The molecule has 5 aromatic rings. The molecule has 0 spiro atoms. The molecule has 0 aliphatic heterocycles. The Morgan fingerprint density at radius 1 is 0.727 bits per heavy atom. The molecule has 5 rings (SSSR count). The van der Waals surface area contributed by atoms with Crippen molar-refractivity contribution in [3.05, 3.63) is 79.4 Å². The van der Waals surface area contributed by atoms with Crippen molar-refractivity contribution in [3.63, 3.8) is 0 Å². The van der Waals surface area contributed by atoms with Crippen LogP contribution < -0.4 is 0 Å². The van der Waals surface area contributed by atoms with E-state index in [-0.39, 0.29) is 0 Å². The van der Waals surface area contributed by atoms with Gasteiger partial charge in [0, 0.05) is 35.6 Å². The third-order valence-corrected chi connectivity index (χ3v) is 4.25. The smallest absolute Gasteiger partial charge is 0.144 e. The SMILES string of the molecule is c1ccc2c(c1)ccn2-c1cccc2c1ccn1ccnc21. The van der Waals surface area contributed by atoms with Crippen molar-refractivity contribution in [2.24, 2.45) is 0 Å². The van der Waals surface area contributed by atoms with Crippen molar-refractivity contribution in [3.8, 4) is 5.69 Å². The Morgan fingerprint density at radius 2 is 1.68 bits per heavy atom. The molecule has 0 unspecified atom stereocenters. The van der Waals surface area contributed by atoms with E-state index >= 15 is 0 Å². The van der Waals surface area contributed by atoms with E-state index in [0.717, 1.165) is 5.65 Å². The van der Waals surface area contributed by atoms with Gasteiger partial charge >= 0.3 is 0 Å². The molecular weight excluding hydrogens is 270 g/mol. The Kier molecular flexibility index (Phi) is 2.22. The van der Waals surface area contributed by atoms with Crippen LogP contribution in [0, 0.1) is 0 Å². The lowest BCUT2D eigenvalue weighted by Gasteiger charge is -2.10. The Labute approximate surface area is 127 Å². The molecule has 3 heteroatoms. The lowest BCUT2D eigenvalue weighted by atomic mass is 10.1. The average molecular weight is 283 g/mol. The third kappa shape index (κ3) is 1.48. The van der Waals surface area contributed by atoms with Crippen LogP contribution in [-0.4, -0.2) is 14.0 Å². The quantitative estimate of drug-likeness (QED) is 0.446. The van der Waals surface area contributed by atoms with Crippen LogP contribution >= 0.6 is 0 Å². The molecule has 0 fully saturated rings. The van der Waals surface area contributed by atoms with Crippen LogP contribution in [0.5, 0.6) is 0 Å². The van der Waals surface area contributed by atoms with Crippen LogP contribution in [0.3, 0.4) is 0 Å². The van der Waals surface area contributed by atoms with Gasteiger partial charge < -0.3 is 8.97 Å². The molecule has 3 heterocycles. The molecule has 22 heavy (non-hydrogen) atoms. The topological polar surface area (TPSA) is 22.2 Å². The van der Waals surface area contributed by atoms with E-state index in [0.29, 0.717) is 0 Å². The van der Waals surface area contributed by atoms with Crippen molar-refractivity contribution in [1.82, 2.24) is 14.0 Å². The Balaban J connectivity index is 1.91. The monoisotopic (exact) mass is 283 g/mol. The van der Waals surface area contributed by atoms with Crippen LogP contribution in [0.2, 0.25) is 0 Å². The second kappa shape index (κ2) is 4.21. The summed E-state index contributed by atoms with van der Waals surface area (Å²) in [6.45, 7) is 0. The van der Waals surface area contributed by atoms with Gasteiger partial charge in [0.25, 0.3) is 0 Å². The molecule has 0 N–H and O–H groups in total.